The summed E-state index contributed by atoms with van der Waals surface area (Å²) >= 11 is 1.91. The molecule has 0 bridgehead atoms. The predicted octanol–water partition coefficient (Wildman–Crippen LogP) is 2.82. The minimum atomic E-state index is 0.152. The summed E-state index contributed by atoms with van der Waals surface area (Å²) < 4.78 is 0. The van der Waals surface area contributed by atoms with E-state index in [4.69, 9.17) is 5.73 Å². The molecule has 0 spiro atoms. The van der Waals surface area contributed by atoms with Crippen molar-refractivity contribution >= 4 is 11.8 Å². The summed E-state index contributed by atoms with van der Waals surface area (Å²) in [7, 11) is 2.22. The second kappa shape index (κ2) is 7.57. The molecule has 0 saturated carbocycles. The molecule has 0 radical (unpaired) electrons. The Bertz CT molecular complexity index is 185. The Morgan fingerprint density at radius 1 is 1.31 bits per heavy atom. The van der Waals surface area contributed by atoms with Crippen LogP contribution in [0.1, 0.15) is 40.5 Å². The van der Waals surface area contributed by atoms with Gasteiger partial charge in [-0.2, -0.15) is 11.8 Å². The summed E-state index contributed by atoms with van der Waals surface area (Å²) in [4.78, 5) is 2.46. The number of hydrogen-bond acceptors (Lipinski definition) is 3. The first-order valence-electron chi connectivity index (χ1n) is 6.29. The Labute approximate surface area is 106 Å². The molecule has 0 fully saturated rings. The highest BCUT2D eigenvalue weighted by molar-refractivity contribution is 7.98. The van der Waals surface area contributed by atoms with Gasteiger partial charge in [0.15, 0.2) is 0 Å². The topological polar surface area (TPSA) is 29.3 Å². The Hall–Kier alpha value is 0.270. The fourth-order valence-corrected chi connectivity index (χ4v) is 2.61. The molecule has 0 amide bonds. The normalized spacial score (nSPS) is 17.8. The van der Waals surface area contributed by atoms with E-state index in [2.05, 4.69) is 45.9 Å². The SMILES string of the molecule is CSCC(C)N(C)C(C)(CN)CCC(C)C. The number of nitrogens with two attached hydrogens (primary N) is 1. The lowest BCUT2D eigenvalue weighted by Crippen LogP contribution is -2.54. The van der Waals surface area contributed by atoms with Gasteiger partial charge in [-0.05, 0) is 45.9 Å². The van der Waals surface area contributed by atoms with E-state index in [-0.39, 0.29) is 5.54 Å². The van der Waals surface area contributed by atoms with Crippen LogP contribution in [-0.4, -0.2) is 42.1 Å². The molecular weight excluding hydrogens is 216 g/mol. The molecule has 0 aliphatic heterocycles. The smallest absolute Gasteiger partial charge is 0.0303 e. The lowest BCUT2D eigenvalue weighted by molar-refractivity contribution is 0.0963. The molecule has 3 heteroatoms. The molecule has 0 aromatic heterocycles. The maximum Gasteiger partial charge on any atom is 0.0303 e. The Balaban J connectivity index is 4.41. The number of nitrogens with zero attached hydrogens (tertiary/aromatic N) is 1. The van der Waals surface area contributed by atoms with Crippen molar-refractivity contribution in [3.63, 3.8) is 0 Å². The van der Waals surface area contributed by atoms with Gasteiger partial charge in [-0.15, -0.1) is 0 Å². The third kappa shape index (κ3) is 5.07. The average Bonchev–Trinajstić information content (AvgIpc) is 2.25. The van der Waals surface area contributed by atoms with Crippen molar-refractivity contribution in [3.05, 3.63) is 0 Å². The van der Waals surface area contributed by atoms with Gasteiger partial charge in [-0.3, -0.25) is 4.90 Å². The molecule has 0 aromatic rings. The number of rotatable bonds is 8. The molecule has 0 saturated heterocycles. The molecule has 0 heterocycles. The van der Waals surface area contributed by atoms with Crippen LogP contribution in [-0.2, 0) is 0 Å². The molecular formula is C13H30N2S. The van der Waals surface area contributed by atoms with E-state index in [0.29, 0.717) is 6.04 Å². The monoisotopic (exact) mass is 246 g/mol. The summed E-state index contributed by atoms with van der Waals surface area (Å²) in [6.07, 6.45) is 4.61. The number of likely N-dealkylation sites (N-methyl/N-ethyl adjacent to an activating group) is 1. The zero-order valence-corrected chi connectivity index (χ0v) is 12.7. The van der Waals surface area contributed by atoms with Crippen molar-refractivity contribution in [1.29, 1.82) is 0 Å². The van der Waals surface area contributed by atoms with Crippen LogP contribution >= 0.6 is 11.8 Å². The van der Waals surface area contributed by atoms with Gasteiger partial charge in [0.2, 0.25) is 0 Å². The summed E-state index contributed by atoms with van der Waals surface area (Å²) in [5.41, 5.74) is 6.13. The first kappa shape index (κ1) is 16.3. The van der Waals surface area contributed by atoms with Crippen molar-refractivity contribution in [2.45, 2.75) is 52.1 Å². The van der Waals surface area contributed by atoms with E-state index in [1.165, 1.54) is 18.6 Å². The van der Waals surface area contributed by atoms with Gasteiger partial charge >= 0.3 is 0 Å². The fourth-order valence-electron chi connectivity index (χ4n) is 1.91. The quantitative estimate of drug-likeness (QED) is 0.714. The third-order valence-corrected chi connectivity index (χ3v) is 4.44. The highest BCUT2D eigenvalue weighted by atomic mass is 32.2. The average molecular weight is 246 g/mol. The zero-order valence-electron chi connectivity index (χ0n) is 11.9. The van der Waals surface area contributed by atoms with Crippen LogP contribution in [0, 0.1) is 5.92 Å². The largest absolute Gasteiger partial charge is 0.329 e. The van der Waals surface area contributed by atoms with Gasteiger partial charge in [0.05, 0.1) is 0 Å². The number of thioether (sulfide) groups is 1. The standard InChI is InChI=1S/C13H30N2S/c1-11(2)7-8-13(4,10-14)15(5)12(3)9-16-6/h11-12H,7-10,14H2,1-6H3. The minimum Gasteiger partial charge on any atom is -0.329 e. The highest BCUT2D eigenvalue weighted by Gasteiger charge is 2.30. The zero-order chi connectivity index (χ0) is 12.8. The lowest BCUT2D eigenvalue weighted by Gasteiger charge is -2.42. The van der Waals surface area contributed by atoms with Crippen LogP contribution in [0.15, 0.2) is 0 Å². The Morgan fingerprint density at radius 3 is 2.25 bits per heavy atom. The molecule has 2 unspecified atom stereocenters. The molecule has 0 aliphatic rings. The van der Waals surface area contributed by atoms with Gasteiger partial charge in [-0.1, -0.05) is 13.8 Å². The van der Waals surface area contributed by atoms with Crippen LogP contribution < -0.4 is 5.73 Å². The molecule has 0 aromatic carbocycles. The predicted molar refractivity (Wildman–Crippen MR) is 77.1 cm³/mol. The van der Waals surface area contributed by atoms with E-state index in [1.807, 2.05) is 11.8 Å². The van der Waals surface area contributed by atoms with E-state index < -0.39 is 0 Å². The Kier molecular flexibility index (Phi) is 7.70. The Morgan fingerprint density at radius 2 is 1.88 bits per heavy atom. The van der Waals surface area contributed by atoms with Crippen LogP contribution in [0.2, 0.25) is 0 Å². The molecule has 98 valence electrons. The number of hydrogen-bond donors (Lipinski definition) is 1. The summed E-state index contributed by atoms with van der Waals surface area (Å²) in [6, 6.07) is 0.593. The first-order valence-corrected chi connectivity index (χ1v) is 7.68. The molecule has 0 rings (SSSR count). The van der Waals surface area contributed by atoms with Gasteiger partial charge in [0.1, 0.15) is 0 Å². The van der Waals surface area contributed by atoms with Crippen LogP contribution in [0.25, 0.3) is 0 Å². The van der Waals surface area contributed by atoms with Gasteiger partial charge < -0.3 is 5.73 Å². The van der Waals surface area contributed by atoms with Crippen molar-refractivity contribution < 1.29 is 0 Å². The van der Waals surface area contributed by atoms with Gasteiger partial charge in [0.25, 0.3) is 0 Å². The lowest BCUT2D eigenvalue weighted by atomic mass is 9.89. The molecule has 2 atom stereocenters. The summed E-state index contributed by atoms with van der Waals surface area (Å²) in [6.45, 7) is 9.89. The summed E-state index contributed by atoms with van der Waals surface area (Å²) in [5, 5.41) is 0. The molecule has 2 N–H and O–H groups in total. The van der Waals surface area contributed by atoms with Crippen LogP contribution in [0.3, 0.4) is 0 Å². The highest BCUT2D eigenvalue weighted by Crippen LogP contribution is 2.24. The maximum absolute atomic E-state index is 5.98. The fraction of sp³-hybridized carbons (Fsp3) is 1.00. The maximum atomic E-state index is 5.98. The molecule has 16 heavy (non-hydrogen) atoms. The van der Waals surface area contributed by atoms with Crippen molar-refractivity contribution in [3.8, 4) is 0 Å². The second-order valence-corrected chi connectivity index (χ2v) is 6.46. The van der Waals surface area contributed by atoms with Crippen molar-refractivity contribution in [2.24, 2.45) is 11.7 Å². The van der Waals surface area contributed by atoms with E-state index in [0.717, 1.165) is 12.5 Å². The van der Waals surface area contributed by atoms with Gasteiger partial charge in [0, 0.05) is 23.9 Å². The molecule has 2 nitrogen and oxygen atoms in total. The molecule has 0 aliphatic carbocycles. The second-order valence-electron chi connectivity index (χ2n) is 5.55. The summed E-state index contributed by atoms with van der Waals surface area (Å²) in [5.74, 6) is 1.93. The first-order chi connectivity index (χ1) is 7.37. The van der Waals surface area contributed by atoms with E-state index in [9.17, 15) is 0 Å². The van der Waals surface area contributed by atoms with E-state index >= 15 is 0 Å². The van der Waals surface area contributed by atoms with Gasteiger partial charge in [-0.25, -0.2) is 0 Å². The van der Waals surface area contributed by atoms with Crippen LogP contribution in [0.5, 0.6) is 0 Å². The van der Waals surface area contributed by atoms with Crippen molar-refractivity contribution in [2.75, 3.05) is 25.6 Å². The van der Waals surface area contributed by atoms with Crippen LogP contribution in [0.4, 0.5) is 0 Å². The minimum absolute atomic E-state index is 0.152. The van der Waals surface area contributed by atoms with Crippen molar-refractivity contribution in [1.82, 2.24) is 4.90 Å². The van der Waals surface area contributed by atoms with E-state index in [1.54, 1.807) is 0 Å². The third-order valence-electron chi connectivity index (χ3n) is 3.62.